The molecular formula is C17H23N3O3S. The van der Waals surface area contributed by atoms with E-state index in [0.717, 1.165) is 18.7 Å². The van der Waals surface area contributed by atoms with Crippen LogP contribution in [0.2, 0.25) is 0 Å². The second-order valence-corrected chi connectivity index (χ2v) is 6.51. The number of ether oxygens (including phenoxy) is 2. The Hall–Kier alpha value is -2.04. The molecule has 1 aliphatic heterocycles. The maximum Gasteiger partial charge on any atom is 0.278 e. The predicted molar refractivity (Wildman–Crippen MR) is 93.6 cm³/mol. The van der Waals surface area contributed by atoms with Gasteiger partial charge in [0.25, 0.3) is 11.1 Å². The molecule has 1 aromatic heterocycles. The number of aromatic nitrogens is 1. The molecule has 1 N–H and O–H groups in total. The SMILES string of the molecule is CCC#CCCNC(=O)c1cnc(O/C=C2/CN(C(C)C)CO2)s1. The van der Waals surface area contributed by atoms with Gasteiger partial charge < -0.3 is 14.8 Å². The molecule has 1 amide bonds. The van der Waals surface area contributed by atoms with Gasteiger partial charge in [-0.15, -0.1) is 11.8 Å². The van der Waals surface area contributed by atoms with Crippen molar-refractivity contribution in [3.63, 3.8) is 0 Å². The summed E-state index contributed by atoms with van der Waals surface area (Å²) in [5.74, 6) is 6.56. The Morgan fingerprint density at radius 1 is 1.58 bits per heavy atom. The molecule has 0 radical (unpaired) electrons. The minimum Gasteiger partial charge on any atom is -0.478 e. The molecule has 0 unspecified atom stereocenters. The van der Waals surface area contributed by atoms with Gasteiger partial charge in [-0.2, -0.15) is 0 Å². The molecule has 0 aromatic carbocycles. The molecule has 1 aromatic rings. The fourth-order valence-electron chi connectivity index (χ4n) is 1.93. The van der Waals surface area contributed by atoms with Crippen molar-refractivity contribution in [1.29, 1.82) is 0 Å². The second-order valence-electron chi connectivity index (χ2n) is 5.52. The van der Waals surface area contributed by atoms with E-state index in [1.807, 2.05) is 6.92 Å². The van der Waals surface area contributed by atoms with Gasteiger partial charge in [-0.05, 0) is 13.8 Å². The van der Waals surface area contributed by atoms with Crippen LogP contribution < -0.4 is 10.1 Å². The van der Waals surface area contributed by atoms with Gasteiger partial charge in [0.15, 0.2) is 0 Å². The minimum absolute atomic E-state index is 0.156. The van der Waals surface area contributed by atoms with Crippen molar-refractivity contribution in [3.8, 4) is 17.0 Å². The first kappa shape index (κ1) is 18.3. The number of nitrogens with one attached hydrogen (secondary N) is 1. The Labute approximate surface area is 146 Å². The van der Waals surface area contributed by atoms with Crippen molar-refractivity contribution < 1.29 is 14.3 Å². The predicted octanol–water partition coefficient (Wildman–Crippen LogP) is 2.59. The summed E-state index contributed by atoms with van der Waals surface area (Å²) in [5.41, 5.74) is 0. The van der Waals surface area contributed by atoms with Crippen LogP contribution in [0.25, 0.3) is 0 Å². The molecule has 130 valence electrons. The van der Waals surface area contributed by atoms with E-state index in [1.54, 1.807) is 6.26 Å². The maximum absolute atomic E-state index is 12.0. The number of amides is 1. The van der Waals surface area contributed by atoms with Crippen LogP contribution in [0.5, 0.6) is 5.19 Å². The van der Waals surface area contributed by atoms with E-state index >= 15 is 0 Å². The fourth-order valence-corrected chi connectivity index (χ4v) is 2.59. The van der Waals surface area contributed by atoms with Crippen molar-refractivity contribution >= 4 is 17.2 Å². The molecule has 1 saturated heterocycles. The third-order valence-electron chi connectivity index (χ3n) is 3.34. The van der Waals surface area contributed by atoms with Gasteiger partial charge in [0, 0.05) is 25.4 Å². The summed E-state index contributed by atoms with van der Waals surface area (Å²) in [6.07, 6.45) is 4.56. The lowest BCUT2D eigenvalue weighted by Gasteiger charge is -2.15. The normalized spacial score (nSPS) is 15.9. The van der Waals surface area contributed by atoms with E-state index in [-0.39, 0.29) is 5.91 Å². The molecule has 24 heavy (non-hydrogen) atoms. The first-order chi connectivity index (χ1) is 11.6. The summed E-state index contributed by atoms with van der Waals surface area (Å²) in [6, 6.07) is 0.424. The molecule has 1 aliphatic rings. The first-order valence-corrected chi connectivity index (χ1v) is 8.84. The molecule has 0 spiro atoms. The van der Waals surface area contributed by atoms with Crippen LogP contribution in [0, 0.1) is 11.8 Å². The highest BCUT2D eigenvalue weighted by Crippen LogP contribution is 2.22. The van der Waals surface area contributed by atoms with Crippen molar-refractivity contribution in [3.05, 3.63) is 23.1 Å². The molecule has 0 bridgehead atoms. The number of hydrogen-bond donors (Lipinski definition) is 1. The molecule has 0 atom stereocenters. The highest BCUT2D eigenvalue weighted by Gasteiger charge is 2.20. The highest BCUT2D eigenvalue weighted by atomic mass is 32.1. The summed E-state index contributed by atoms with van der Waals surface area (Å²) in [7, 11) is 0. The standard InChI is InChI=1S/C17H23N3O3S/c1-4-5-6-7-8-18-16(21)15-9-19-17(24-15)22-11-14-10-20(12-23-14)13(2)3/h9,11,13H,4,7-8,10,12H2,1-3H3,(H,18,21)/b14-11-. The number of rotatable bonds is 6. The quantitative estimate of drug-likeness (QED) is 0.486. The lowest BCUT2D eigenvalue weighted by molar-refractivity contribution is 0.0958. The van der Waals surface area contributed by atoms with Crippen LogP contribution in [0.1, 0.15) is 43.3 Å². The van der Waals surface area contributed by atoms with Crippen LogP contribution in [0.3, 0.4) is 0 Å². The van der Waals surface area contributed by atoms with Crippen molar-refractivity contribution in [2.45, 2.75) is 39.7 Å². The zero-order valence-corrected chi connectivity index (χ0v) is 15.1. The van der Waals surface area contributed by atoms with Gasteiger partial charge >= 0.3 is 0 Å². The zero-order chi connectivity index (χ0) is 17.4. The summed E-state index contributed by atoms with van der Waals surface area (Å²) < 4.78 is 11.0. The highest BCUT2D eigenvalue weighted by molar-refractivity contribution is 7.15. The number of thiazole rings is 1. The fraction of sp³-hybridized carbons (Fsp3) is 0.529. The minimum atomic E-state index is -0.156. The summed E-state index contributed by atoms with van der Waals surface area (Å²) >= 11 is 1.20. The Bertz CT molecular complexity index is 643. The topological polar surface area (TPSA) is 63.7 Å². The molecule has 1 fully saturated rings. The molecule has 6 nitrogen and oxygen atoms in total. The number of nitrogens with zero attached hydrogens (tertiary/aromatic N) is 2. The van der Waals surface area contributed by atoms with Gasteiger partial charge in [0.2, 0.25) is 0 Å². The Balaban J connectivity index is 1.79. The lowest BCUT2D eigenvalue weighted by Crippen LogP contribution is -2.27. The molecule has 7 heteroatoms. The van der Waals surface area contributed by atoms with E-state index in [9.17, 15) is 4.79 Å². The summed E-state index contributed by atoms with van der Waals surface area (Å²) in [6.45, 7) is 8.05. The van der Waals surface area contributed by atoms with Gasteiger partial charge in [0.05, 0.1) is 12.7 Å². The maximum atomic E-state index is 12.0. The van der Waals surface area contributed by atoms with E-state index < -0.39 is 0 Å². The summed E-state index contributed by atoms with van der Waals surface area (Å²) in [4.78, 5) is 18.8. The van der Waals surface area contributed by atoms with Crippen molar-refractivity contribution in [1.82, 2.24) is 15.2 Å². The van der Waals surface area contributed by atoms with Crippen LogP contribution in [0.4, 0.5) is 0 Å². The van der Waals surface area contributed by atoms with Crippen molar-refractivity contribution in [2.75, 3.05) is 19.8 Å². The van der Waals surface area contributed by atoms with Gasteiger partial charge in [-0.3, -0.25) is 9.69 Å². The molecule has 0 saturated carbocycles. The third-order valence-corrected chi connectivity index (χ3v) is 4.23. The molecular weight excluding hydrogens is 326 g/mol. The Kier molecular flexibility index (Phi) is 7.09. The monoisotopic (exact) mass is 349 g/mol. The zero-order valence-electron chi connectivity index (χ0n) is 14.3. The van der Waals surface area contributed by atoms with E-state index in [4.69, 9.17) is 9.47 Å². The van der Waals surface area contributed by atoms with Gasteiger partial charge in [0.1, 0.15) is 23.6 Å². The lowest BCUT2D eigenvalue weighted by atomic mass is 10.3. The Morgan fingerprint density at radius 2 is 2.42 bits per heavy atom. The average molecular weight is 349 g/mol. The average Bonchev–Trinajstić information content (AvgIpc) is 3.22. The molecule has 2 rings (SSSR count). The van der Waals surface area contributed by atoms with Crippen LogP contribution in [-0.4, -0.2) is 41.7 Å². The molecule has 2 heterocycles. The van der Waals surface area contributed by atoms with Crippen LogP contribution in [-0.2, 0) is 4.74 Å². The number of hydrogen-bond acceptors (Lipinski definition) is 6. The van der Waals surface area contributed by atoms with Gasteiger partial charge in [-0.25, -0.2) is 4.98 Å². The second kappa shape index (κ2) is 9.30. The van der Waals surface area contributed by atoms with Crippen LogP contribution in [0.15, 0.2) is 18.2 Å². The van der Waals surface area contributed by atoms with E-state index in [1.165, 1.54) is 17.5 Å². The van der Waals surface area contributed by atoms with E-state index in [2.05, 4.69) is 40.9 Å². The van der Waals surface area contributed by atoms with E-state index in [0.29, 0.717) is 35.8 Å². The number of carbonyl (C=O) groups is 1. The summed E-state index contributed by atoms with van der Waals surface area (Å²) in [5, 5.41) is 3.23. The smallest absolute Gasteiger partial charge is 0.278 e. The van der Waals surface area contributed by atoms with Crippen LogP contribution >= 0.6 is 11.3 Å². The third kappa shape index (κ3) is 5.55. The first-order valence-electron chi connectivity index (χ1n) is 8.02. The van der Waals surface area contributed by atoms with Crippen molar-refractivity contribution in [2.24, 2.45) is 0 Å². The van der Waals surface area contributed by atoms with Gasteiger partial charge in [-0.1, -0.05) is 18.3 Å². The Morgan fingerprint density at radius 3 is 3.12 bits per heavy atom. The largest absolute Gasteiger partial charge is 0.478 e. The molecule has 0 aliphatic carbocycles. The number of carbonyl (C=O) groups excluding carboxylic acids is 1.